The lowest BCUT2D eigenvalue weighted by Gasteiger charge is -2.11. The number of hydrogen-bond acceptors (Lipinski definition) is 3. The predicted molar refractivity (Wildman–Crippen MR) is 85.0 cm³/mol. The summed E-state index contributed by atoms with van der Waals surface area (Å²) in [4.78, 5) is 23.4. The van der Waals surface area contributed by atoms with Crippen LogP contribution in [0.4, 0.5) is 13.2 Å². The Kier molecular flexibility index (Phi) is 6.16. The van der Waals surface area contributed by atoms with Crippen LogP contribution in [0.15, 0.2) is 54.6 Å². The maximum atomic E-state index is 12.1. The first-order chi connectivity index (χ1) is 11.8. The molecule has 0 aromatic heterocycles. The van der Waals surface area contributed by atoms with Crippen LogP contribution in [0.25, 0.3) is 0 Å². The maximum Gasteiger partial charge on any atom is 0.405 e. The second kappa shape index (κ2) is 8.32. The monoisotopic (exact) mass is 351 g/mol. The molecule has 7 heteroatoms. The Morgan fingerprint density at radius 3 is 2.28 bits per heavy atom. The molecule has 0 fully saturated rings. The highest BCUT2D eigenvalue weighted by Crippen LogP contribution is 2.16. The zero-order valence-corrected chi connectivity index (χ0v) is 13.2. The van der Waals surface area contributed by atoms with E-state index in [-0.39, 0.29) is 5.56 Å². The normalized spacial score (nSPS) is 11.0. The van der Waals surface area contributed by atoms with E-state index in [1.165, 1.54) is 0 Å². The third kappa shape index (κ3) is 6.29. The van der Waals surface area contributed by atoms with Crippen LogP contribution in [0.5, 0.6) is 0 Å². The topological polar surface area (TPSA) is 55.4 Å². The molecule has 2 aromatic rings. The predicted octanol–water partition coefficient (Wildman–Crippen LogP) is 3.11. The van der Waals surface area contributed by atoms with Gasteiger partial charge in [-0.2, -0.15) is 13.2 Å². The van der Waals surface area contributed by atoms with Gasteiger partial charge in [0, 0.05) is 0 Å². The van der Waals surface area contributed by atoms with Gasteiger partial charge in [-0.15, -0.1) is 0 Å². The molecule has 0 saturated carbocycles. The van der Waals surface area contributed by atoms with E-state index in [1.807, 2.05) is 30.3 Å². The molecule has 0 radical (unpaired) electrons. The van der Waals surface area contributed by atoms with Gasteiger partial charge in [-0.1, -0.05) is 48.5 Å². The van der Waals surface area contributed by atoms with Crippen molar-refractivity contribution in [2.45, 2.75) is 12.6 Å². The van der Waals surface area contributed by atoms with Gasteiger partial charge >= 0.3 is 12.1 Å². The Morgan fingerprint density at radius 2 is 1.60 bits per heavy atom. The van der Waals surface area contributed by atoms with E-state index in [0.717, 1.165) is 5.56 Å². The lowest BCUT2D eigenvalue weighted by Crippen LogP contribution is -2.36. The summed E-state index contributed by atoms with van der Waals surface area (Å²) in [5, 5.41) is 1.64. The van der Waals surface area contributed by atoms with Crippen molar-refractivity contribution in [3.63, 3.8) is 0 Å². The number of rotatable bonds is 6. The third-order valence-corrected chi connectivity index (χ3v) is 3.30. The number of amides is 1. The molecule has 2 aromatic carbocycles. The Bertz CT molecular complexity index is 730. The average Bonchev–Trinajstić information content (AvgIpc) is 2.58. The molecule has 0 atom stereocenters. The van der Waals surface area contributed by atoms with E-state index in [0.29, 0.717) is 12.0 Å². The third-order valence-electron chi connectivity index (χ3n) is 3.30. The van der Waals surface area contributed by atoms with Crippen molar-refractivity contribution in [1.29, 1.82) is 0 Å². The first-order valence-electron chi connectivity index (χ1n) is 7.47. The summed E-state index contributed by atoms with van der Waals surface area (Å²) < 4.78 is 40.9. The maximum absolute atomic E-state index is 12.1. The standard InChI is InChI=1S/C18H16F3NO3/c19-18(20,21)12-22-16(23)11-25-17(24)15-9-5-4-8-14(15)10-13-6-2-1-3-7-13/h1-9H,10-12H2,(H,22,23). The average molecular weight is 351 g/mol. The lowest BCUT2D eigenvalue weighted by atomic mass is 10.00. The lowest BCUT2D eigenvalue weighted by molar-refractivity contribution is -0.140. The smallest absolute Gasteiger partial charge is 0.405 e. The highest BCUT2D eigenvalue weighted by Gasteiger charge is 2.27. The van der Waals surface area contributed by atoms with Crippen LogP contribution >= 0.6 is 0 Å². The van der Waals surface area contributed by atoms with Crippen LogP contribution in [-0.2, 0) is 16.0 Å². The number of carbonyl (C=O) groups excluding carboxylic acids is 2. The number of halogens is 3. The van der Waals surface area contributed by atoms with Crippen molar-refractivity contribution in [2.24, 2.45) is 0 Å². The van der Waals surface area contributed by atoms with Gasteiger partial charge in [-0.3, -0.25) is 4.79 Å². The molecular formula is C18H16F3NO3. The molecule has 132 valence electrons. The van der Waals surface area contributed by atoms with Crippen molar-refractivity contribution >= 4 is 11.9 Å². The Balaban J connectivity index is 1.97. The Morgan fingerprint density at radius 1 is 0.960 bits per heavy atom. The van der Waals surface area contributed by atoms with Gasteiger partial charge in [-0.25, -0.2) is 4.79 Å². The molecule has 0 unspecified atom stereocenters. The summed E-state index contributed by atoms with van der Waals surface area (Å²) in [5.74, 6) is -1.76. The first-order valence-corrected chi connectivity index (χ1v) is 7.47. The highest BCUT2D eigenvalue weighted by atomic mass is 19.4. The quantitative estimate of drug-likeness (QED) is 0.814. The second-order valence-corrected chi connectivity index (χ2v) is 5.29. The fourth-order valence-electron chi connectivity index (χ4n) is 2.15. The largest absolute Gasteiger partial charge is 0.452 e. The van der Waals surface area contributed by atoms with Gasteiger partial charge in [0.05, 0.1) is 5.56 Å². The number of benzene rings is 2. The fourth-order valence-corrected chi connectivity index (χ4v) is 2.15. The van der Waals surface area contributed by atoms with Gasteiger partial charge in [0.2, 0.25) is 0 Å². The van der Waals surface area contributed by atoms with Gasteiger partial charge in [-0.05, 0) is 23.6 Å². The molecule has 2 rings (SSSR count). The minimum absolute atomic E-state index is 0.273. The van der Waals surface area contributed by atoms with Gasteiger partial charge in [0.25, 0.3) is 5.91 Å². The summed E-state index contributed by atoms with van der Waals surface area (Å²) >= 11 is 0. The zero-order valence-electron chi connectivity index (χ0n) is 13.2. The number of ether oxygens (including phenoxy) is 1. The Hall–Kier alpha value is -2.83. The summed E-state index contributed by atoms with van der Waals surface area (Å²) in [6.07, 6.45) is -4.02. The van der Waals surface area contributed by atoms with Crippen molar-refractivity contribution in [1.82, 2.24) is 5.32 Å². The van der Waals surface area contributed by atoms with Crippen molar-refractivity contribution in [3.05, 3.63) is 71.3 Å². The minimum atomic E-state index is -4.51. The van der Waals surface area contributed by atoms with Gasteiger partial charge < -0.3 is 10.1 Å². The van der Waals surface area contributed by atoms with E-state index in [1.54, 1.807) is 29.6 Å². The molecule has 0 aliphatic rings. The van der Waals surface area contributed by atoms with Crippen molar-refractivity contribution in [2.75, 3.05) is 13.2 Å². The summed E-state index contributed by atoms with van der Waals surface area (Å²) in [6.45, 7) is -2.23. The summed E-state index contributed by atoms with van der Waals surface area (Å²) in [5.41, 5.74) is 1.97. The fraction of sp³-hybridized carbons (Fsp3) is 0.222. The number of hydrogen-bond donors (Lipinski definition) is 1. The van der Waals surface area contributed by atoms with Crippen LogP contribution in [0.1, 0.15) is 21.5 Å². The number of esters is 1. The van der Waals surface area contributed by atoms with E-state index >= 15 is 0 Å². The molecule has 25 heavy (non-hydrogen) atoms. The van der Waals surface area contributed by atoms with E-state index in [9.17, 15) is 22.8 Å². The van der Waals surface area contributed by atoms with Crippen LogP contribution < -0.4 is 5.32 Å². The molecular weight excluding hydrogens is 335 g/mol. The summed E-state index contributed by atoms with van der Waals surface area (Å²) in [6, 6.07) is 16.2. The highest BCUT2D eigenvalue weighted by molar-refractivity contribution is 5.92. The van der Waals surface area contributed by atoms with E-state index < -0.39 is 31.2 Å². The molecule has 0 aliphatic heterocycles. The minimum Gasteiger partial charge on any atom is -0.452 e. The Labute approximate surface area is 142 Å². The van der Waals surface area contributed by atoms with E-state index in [4.69, 9.17) is 4.74 Å². The molecule has 0 spiro atoms. The van der Waals surface area contributed by atoms with Gasteiger partial charge in [0.15, 0.2) is 6.61 Å². The number of nitrogens with one attached hydrogen (secondary N) is 1. The molecule has 4 nitrogen and oxygen atoms in total. The molecule has 0 aliphatic carbocycles. The molecule has 0 saturated heterocycles. The summed E-state index contributed by atoms with van der Waals surface area (Å²) in [7, 11) is 0. The van der Waals surface area contributed by atoms with Crippen molar-refractivity contribution in [3.8, 4) is 0 Å². The number of alkyl halides is 3. The molecule has 1 amide bonds. The van der Waals surface area contributed by atoms with Crippen LogP contribution in [0.3, 0.4) is 0 Å². The van der Waals surface area contributed by atoms with E-state index in [2.05, 4.69) is 0 Å². The molecule has 0 heterocycles. The van der Waals surface area contributed by atoms with Crippen LogP contribution in [-0.4, -0.2) is 31.2 Å². The van der Waals surface area contributed by atoms with Gasteiger partial charge in [0.1, 0.15) is 6.54 Å². The first kappa shape index (κ1) is 18.5. The molecule has 1 N–H and O–H groups in total. The zero-order chi connectivity index (χ0) is 18.3. The number of carbonyl (C=O) groups is 2. The molecule has 0 bridgehead atoms. The van der Waals surface area contributed by atoms with Crippen molar-refractivity contribution < 1.29 is 27.5 Å². The van der Waals surface area contributed by atoms with Crippen LogP contribution in [0, 0.1) is 0 Å². The van der Waals surface area contributed by atoms with Crippen LogP contribution in [0.2, 0.25) is 0 Å². The SMILES string of the molecule is O=C(COC(=O)c1ccccc1Cc1ccccc1)NCC(F)(F)F. The second-order valence-electron chi connectivity index (χ2n) is 5.29.